The average Bonchev–Trinajstić information content (AvgIpc) is 2.82. The molecule has 2 heterocycles. The molecule has 0 bridgehead atoms. The molecule has 132 valence electrons. The highest BCUT2D eigenvalue weighted by Crippen LogP contribution is 2.37. The van der Waals surface area contributed by atoms with Gasteiger partial charge in [-0.1, -0.05) is 6.42 Å². The van der Waals surface area contributed by atoms with Crippen LogP contribution in [0.15, 0.2) is 0 Å². The second-order valence-electron chi connectivity index (χ2n) is 5.92. The zero-order valence-corrected chi connectivity index (χ0v) is 14.4. The normalized spacial score (nSPS) is 14.2. The number of aromatic carboxylic acids is 1. The summed E-state index contributed by atoms with van der Waals surface area (Å²) in [4.78, 5) is 36.5. The Hall–Kier alpha value is -1.93. The number of carbonyl (C=O) groups excluding carboxylic acids is 1. The molecule has 1 amide bonds. The Bertz CT molecular complexity index is 641. The van der Waals surface area contributed by atoms with Crippen LogP contribution in [0.5, 0.6) is 0 Å². The molecule has 0 spiro atoms. The van der Waals surface area contributed by atoms with Gasteiger partial charge in [-0.2, -0.15) is 0 Å². The van der Waals surface area contributed by atoms with E-state index in [9.17, 15) is 19.5 Å². The largest absolute Gasteiger partial charge is 0.481 e. The van der Waals surface area contributed by atoms with Gasteiger partial charge in [-0.3, -0.25) is 14.5 Å². The second kappa shape index (κ2) is 8.25. The molecule has 2 rings (SSSR count). The minimum atomic E-state index is -1.00. The standard InChI is InChI=1S/C16H22N2O5S/c1-10(19)17-15-14(16(22)23)11-6-8-18(9-12(11)24-15)7-4-2-3-5-13(20)21/h2-9H2,1H3,(H,17,19)(H,20,21)(H,22,23). The van der Waals surface area contributed by atoms with E-state index in [1.165, 1.54) is 18.3 Å². The fourth-order valence-corrected chi connectivity index (χ4v) is 4.24. The van der Waals surface area contributed by atoms with Gasteiger partial charge in [0.2, 0.25) is 5.91 Å². The molecule has 1 aliphatic rings. The van der Waals surface area contributed by atoms with Crippen molar-refractivity contribution in [3.8, 4) is 0 Å². The van der Waals surface area contributed by atoms with Gasteiger partial charge in [-0.25, -0.2) is 4.79 Å². The summed E-state index contributed by atoms with van der Waals surface area (Å²) < 4.78 is 0. The van der Waals surface area contributed by atoms with Gasteiger partial charge in [-0.15, -0.1) is 11.3 Å². The molecule has 3 N–H and O–H groups in total. The van der Waals surface area contributed by atoms with Gasteiger partial charge in [-0.05, 0) is 31.4 Å². The van der Waals surface area contributed by atoms with Crippen molar-refractivity contribution in [2.24, 2.45) is 0 Å². The molecule has 0 aliphatic carbocycles. The zero-order valence-electron chi connectivity index (χ0n) is 13.6. The minimum Gasteiger partial charge on any atom is -0.481 e. The molecule has 0 saturated carbocycles. The first-order chi connectivity index (χ1) is 11.4. The van der Waals surface area contributed by atoms with Gasteiger partial charge >= 0.3 is 11.9 Å². The maximum absolute atomic E-state index is 11.5. The number of thiophene rings is 1. The second-order valence-corrected chi connectivity index (χ2v) is 7.03. The van der Waals surface area contributed by atoms with Crippen molar-refractivity contribution < 1.29 is 24.6 Å². The summed E-state index contributed by atoms with van der Waals surface area (Å²) in [5.41, 5.74) is 1.06. The SMILES string of the molecule is CC(=O)Nc1sc2c(c1C(=O)O)CCN(CCCCCC(=O)O)C2. The fraction of sp³-hybridized carbons (Fsp3) is 0.562. The molecule has 8 heteroatoms. The first kappa shape index (κ1) is 18.4. The van der Waals surface area contributed by atoms with E-state index in [1.807, 2.05) is 0 Å². The summed E-state index contributed by atoms with van der Waals surface area (Å²) >= 11 is 1.34. The number of carboxylic acid groups (broad SMARTS) is 2. The Morgan fingerprint density at radius 2 is 1.96 bits per heavy atom. The van der Waals surface area contributed by atoms with Crippen LogP contribution in [0.1, 0.15) is 53.4 Å². The molecule has 0 radical (unpaired) electrons. The fourth-order valence-electron chi connectivity index (χ4n) is 2.91. The number of amides is 1. The third-order valence-electron chi connectivity index (χ3n) is 4.00. The van der Waals surface area contributed by atoms with Crippen LogP contribution < -0.4 is 5.32 Å². The maximum Gasteiger partial charge on any atom is 0.339 e. The molecule has 1 aromatic heterocycles. The number of unbranched alkanes of at least 4 members (excludes halogenated alkanes) is 2. The Morgan fingerprint density at radius 3 is 2.58 bits per heavy atom. The summed E-state index contributed by atoms with van der Waals surface area (Å²) in [6.45, 7) is 3.70. The number of nitrogens with zero attached hydrogens (tertiary/aromatic N) is 1. The number of carbonyl (C=O) groups is 3. The number of aliphatic carboxylic acids is 1. The number of hydrogen-bond acceptors (Lipinski definition) is 5. The van der Waals surface area contributed by atoms with E-state index in [4.69, 9.17) is 5.11 Å². The molecular weight excluding hydrogens is 332 g/mol. The highest BCUT2D eigenvalue weighted by Gasteiger charge is 2.28. The number of carboxylic acids is 2. The summed E-state index contributed by atoms with van der Waals surface area (Å²) in [6, 6.07) is 0. The van der Waals surface area contributed by atoms with Crippen LogP contribution in [-0.4, -0.2) is 46.0 Å². The van der Waals surface area contributed by atoms with E-state index in [1.54, 1.807) is 0 Å². The Kier molecular flexibility index (Phi) is 6.33. The maximum atomic E-state index is 11.5. The van der Waals surface area contributed by atoms with Gasteiger partial charge in [0.05, 0.1) is 5.56 Å². The van der Waals surface area contributed by atoms with Crippen molar-refractivity contribution in [1.29, 1.82) is 0 Å². The lowest BCUT2D eigenvalue weighted by Gasteiger charge is -2.26. The first-order valence-corrected chi connectivity index (χ1v) is 8.79. The zero-order chi connectivity index (χ0) is 17.7. The number of anilines is 1. The van der Waals surface area contributed by atoms with Crippen LogP contribution in [0.3, 0.4) is 0 Å². The summed E-state index contributed by atoms with van der Waals surface area (Å²) in [5.74, 6) is -2.03. The van der Waals surface area contributed by atoms with Gasteiger partial charge in [0.1, 0.15) is 5.00 Å². The Labute approximate surface area is 144 Å². The molecule has 0 fully saturated rings. The van der Waals surface area contributed by atoms with Crippen LogP contribution in [-0.2, 0) is 22.6 Å². The quantitative estimate of drug-likeness (QED) is 0.619. The van der Waals surface area contributed by atoms with Crippen molar-refractivity contribution in [2.75, 3.05) is 18.4 Å². The lowest BCUT2D eigenvalue weighted by molar-refractivity contribution is -0.137. The van der Waals surface area contributed by atoms with Crippen LogP contribution in [0.2, 0.25) is 0 Å². The van der Waals surface area contributed by atoms with Gasteiger partial charge < -0.3 is 15.5 Å². The average molecular weight is 354 g/mol. The molecule has 7 nitrogen and oxygen atoms in total. The van der Waals surface area contributed by atoms with Gasteiger partial charge in [0.15, 0.2) is 0 Å². The van der Waals surface area contributed by atoms with Crippen molar-refractivity contribution >= 4 is 34.2 Å². The van der Waals surface area contributed by atoms with Crippen LogP contribution in [0.4, 0.5) is 5.00 Å². The predicted octanol–water partition coefficient (Wildman–Crippen LogP) is 2.41. The molecule has 1 aliphatic heterocycles. The van der Waals surface area contributed by atoms with E-state index < -0.39 is 11.9 Å². The van der Waals surface area contributed by atoms with Crippen molar-refractivity contribution in [2.45, 2.75) is 45.6 Å². The van der Waals surface area contributed by atoms with E-state index in [0.717, 1.165) is 36.4 Å². The molecule has 1 aromatic rings. The third kappa shape index (κ3) is 4.78. The topological polar surface area (TPSA) is 107 Å². The predicted molar refractivity (Wildman–Crippen MR) is 90.7 cm³/mol. The molecule has 0 unspecified atom stereocenters. The van der Waals surface area contributed by atoms with Crippen molar-refractivity contribution in [1.82, 2.24) is 4.90 Å². The van der Waals surface area contributed by atoms with Crippen LogP contribution >= 0.6 is 11.3 Å². The van der Waals surface area contributed by atoms with E-state index >= 15 is 0 Å². The van der Waals surface area contributed by atoms with Crippen LogP contribution in [0, 0.1) is 0 Å². The van der Waals surface area contributed by atoms with E-state index in [0.29, 0.717) is 24.4 Å². The highest BCUT2D eigenvalue weighted by atomic mass is 32.1. The van der Waals surface area contributed by atoms with E-state index in [2.05, 4.69) is 10.2 Å². The summed E-state index contributed by atoms with van der Waals surface area (Å²) in [7, 11) is 0. The van der Waals surface area contributed by atoms with Crippen molar-refractivity contribution in [3.63, 3.8) is 0 Å². The van der Waals surface area contributed by atoms with Crippen LogP contribution in [0.25, 0.3) is 0 Å². The lowest BCUT2D eigenvalue weighted by Crippen LogP contribution is -2.31. The van der Waals surface area contributed by atoms with Crippen molar-refractivity contribution in [3.05, 3.63) is 16.0 Å². The first-order valence-electron chi connectivity index (χ1n) is 7.98. The number of nitrogens with one attached hydrogen (secondary N) is 1. The monoisotopic (exact) mass is 354 g/mol. The molecule has 0 saturated heterocycles. The molecular formula is C16H22N2O5S. The van der Waals surface area contributed by atoms with E-state index in [-0.39, 0.29) is 17.9 Å². The van der Waals surface area contributed by atoms with Gasteiger partial charge in [0.25, 0.3) is 0 Å². The molecule has 0 atom stereocenters. The Balaban J connectivity index is 1.96. The number of fused-ring (bicyclic) bond motifs is 1. The molecule has 0 aromatic carbocycles. The number of rotatable bonds is 8. The Morgan fingerprint density at radius 1 is 1.21 bits per heavy atom. The summed E-state index contributed by atoms with van der Waals surface area (Å²) in [5, 5.41) is 21.1. The highest BCUT2D eigenvalue weighted by molar-refractivity contribution is 7.17. The smallest absolute Gasteiger partial charge is 0.339 e. The third-order valence-corrected chi connectivity index (χ3v) is 5.14. The molecule has 24 heavy (non-hydrogen) atoms. The lowest BCUT2D eigenvalue weighted by atomic mass is 10.0. The minimum absolute atomic E-state index is 0.205. The van der Waals surface area contributed by atoms with Gasteiger partial charge in [0, 0.05) is 31.3 Å². The number of hydrogen-bond donors (Lipinski definition) is 3. The summed E-state index contributed by atoms with van der Waals surface area (Å²) in [6.07, 6.45) is 3.35.